The van der Waals surface area contributed by atoms with Crippen molar-refractivity contribution in [2.75, 3.05) is 19.8 Å². The molecule has 0 aromatic heterocycles. The van der Waals surface area contributed by atoms with Gasteiger partial charge in [-0.15, -0.1) is 6.58 Å². The quantitative estimate of drug-likeness (QED) is 0.489. The fourth-order valence-corrected chi connectivity index (χ4v) is 6.43. The largest absolute Gasteiger partial charge is 0.480 e. The highest BCUT2D eigenvalue weighted by molar-refractivity contribution is 5.72. The van der Waals surface area contributed by atoms with Crippen molar-refractivity contribution in [3.8, 4) is 0 Å². The smallest absolute Gasteiger partial charge is 0.332 e. The number of hydrogen-bond acceptors (Lipinski definition) is 4. The minimum Gasteiger partial charge on any atom is -0.480 e. The van der Waals surface area contributed by atoms with Gasteiger partial charge in [-0.3, -0.25) is 0 Å². The van der Waals surface area contributed by atoms with E-state index >= 15 is 0 Å². The maximum atomic E-state index is 12.0. The number of carbonyl (C=O) groups excluding carboxylic acids is 1. The Kier molecular flexibility index (Phi) is 6.28. The van der Waals surface area contributed by atoms with E-state index in [-0.39, 0.29) is 22.9 Å². The first-order valence-corrected chi connectivity index (χ1v) is 10.9. The molecule has 2 unspecified atom stereocenters. The average molecular weight is 405 g/mol. The van der Waals surface area contributed by atoms with Crippen molar-refractivity contribution in [2.24, 2.45) is 28.1 Å². The van der Waals surface area contributed by atoms with Crippen LogP contribution in [0.25, 0.3) is 0 Å². The molecule has 0 aliphatic heterocycles. The molecule has 0 aromatic carbocycles. The van der Waals surface area contributed by atoms with E-state index in [0.717, 1.165) is 25.7 Å². The van der Waals surface area contributed by atoms with Crippen molar-refractivity contribution in [1.82, 2.24) is 0 Å². The summed E-state index contributed by atoms with van der Waals surface area (Å²) in [5, 5.41) is 8.61. The molecule has 3 rings (SSSR count). The molecule has 0 aromatic rings. The minimum atomic E-state index is -1.09. The van der Waals surface area contributed by atoms with E-state index < -0.39 is 18.5 Å². The summed E-state index contributed by atoms with van der Waals surface area (Å²) in [5.74, 6) is -0.431. The summed E-state index contributed by atoms with van der Waals surface area (Å²) in [6, 6.07) is 0. The van der Waals surface area contributed by atoms with Crippen LogP contribution in [0.15, 0.2) is 24.3 Å². The van der Waals surface area contributed by atoms with Gasteiger partial charge in [0.2, 0.25) is 0 Å². The molecule has 0 bridgehead atoms. The van der Waals surface area contributed by atoms with E-state index in [0.29, 0.717) is 18.4 Å². The summed E-state index contributed by atoms with van der Waals surface area (Å²) in [7, 11) is 0. The van der Waals surface area contributed by atoms with Crippen LogP contribution in [0.3, 0.4) is 0 Å². The van der Waals surface area contributed by atoms with Gasteiger partial charge in [0, 0.05) is 5.41 Å². The first kappa shape index (κ1) is 22.1. The highest BCUT2D eigenvalue weighted by Crippen LogP contribution is 2.63. The van der Waals surface area contributed by atoms with Crippen molar-refractivity contribution < 1.29 is 24.2 Å². The Morgan fingerprint density at radius 1 is 1.24 bits per heavy atom. The molecule has 162 valence electrons. The number of carboxylic acid groups (broad SMARTS) is 1. The maximum Gasteiger partial charge on any atom is 0.332 e. The standard InChI is InChI=1S/C24H36O5/c1-5-22(2)12-9-18-17(13-22)7-8-19-23(3,10-6-11-24(18,19)4)16-29-21(27)15-28-14-20(25)26/h5,9,17,19H,1,6-8,10-16H2,2-4H3,(H,25,26)/t17?,19?,22-,23-,24-/m0/s1. The van der Waals surface area contributed by atoms with Crippen molar-refractivity contribution in [2.45, 2.75) is 65.7 Å². The molecule has 5 nitrogen and oxygen atoms in total. The first-order valence-electron chi connectivity index (χ1n) is 10.9. The van der Waals surface area contributed by atoms with Crippen LogP contribution >= 0.6 is 0 Å². The molecule has 0 radical (unpaired) electrons. The van der Waals surface area contributed by atoms with E-state index in [4.69, 9.17) is 14.6 Å². The van der Waals surface area contributed by atoms with Crippen LogP contribution < -0.4 is 0 Å². The molecule has 0 spiro atoms. The van der Waals surface area contributed by atoms with Gasteiger partial charge in [-0.25, -0.2) is 9.59 Å². The number of carboxylic acids is 1. The van der Waals surface area contributed by atoms with Gasteiger partial charge in [0.25, 0.3) is 0 Å². The lowest BCUT2D eigenvalue weighted by Gasteiger charge is -2.59. The summed E-state index contributed by atoms with van der Waals surface area (Å²) in [6.45, 7) is 10.7. The van der Waals surface area contributed by atoms with Crippen LogP contribution in [0.5, 0.6) is 0 Å². The number of carbonyl (C=O) groups is 2. The number of esters is 1. The van der Waals surface area contributed by atoms with Crippen LogP contribution in [0.4, 0.5) is 0 Å². The Morgan fingerprint density at radius 2 is 2.00 bits per heavy atom. The molecule has 5 heteroatoms. The van der Waals surface area contributed by atoms with Crippen LogP contribution in [0, 0.1) is 28.1 Å². The van der Waals surface area contributed by atoms with E-state index in [1.807, 2.05) is 0 Å². The summed E-state index contributed by atoms with van der Waals surface area (Å²) in [5.41, 5.74) is 1.96. The van der Waals surface area contributed by atoms with Gasteiger partial charge in [0.1, 0.15) is 13.2 Å². The van der Waals surface area contributed by atoms with E-state index in [1.165, 1.54) is 19.3 Å². The third-order valence-electron chi connectivity index (χ3n) is 7.96. The molecule has 3 aliphatic carbocycles. The van der Waals surface area contributed by atoms with Crippen LogP contribution in [-0.4, -0.2) is 36.9 Å². The van der Waals surface area contributed by atoms with Crippen LogP contribution in [0.1, 0.15) is 65.7 Å². The fraction of sp³-hybridized carbons (Fsp3) is 0.750. The third kappa shape index (κ3) is 4.45. The van der Waals surface area contributed by atoms with Crippen molar-refractivity contribution >= 4 is 11.9 Å². The van der Waals surface area contributed by atoms with Crippen LogP contribution in [-0.2, 0) is 19.1 Å². The molecular weight excluding hydrogens is 368 g/mol. The average Bonchev–Trinajstić information content (AvgIpc) is 2.66. The van der Waals surface area contributed by atoms with Crippen molar-refractivity contribution in [3.63, 3.8) is 0 Å². The molecule has 3 aliphatic rings. The normalized spacial score (nSPS) is 38.9. The first-order chi connectivity index (χ1) is 13.6. The second-order valence-electron chi connectivity index (χ2n) is 10.2. The Morgan fingerprint density at radius 3 is 2.69 bits per heavy atom. The molecule has 2 fully saturated rings. The predicted octanol–water partition coefficient (Wildman–Crippen LogP) is 4.77. The highest BCUT2D eigenvalue weighted by atomic mass is 16.6. The van der Waals surface area contributed by atoms with Crippen LogP contribution in [0.2, 0.25) is 0 Å². The van der Waals surface area contributed by atoms with Gasteiger partial charge in [0.15, 0.2) is 0 Å². The van der Waals surface area contributed by atoms with Gasteiger partial charge in [-0.1, -0.05) is 44.9 Å². The monoisotopic (exact) mass is 404 g/mol. The van der Waals surface area contributed by atoms with E-state index in [1.54, 1.807) is 5.57 Å². The molecule has 0 amide bonds. The Balaban J connectivity index is 1.69. The number of hydrogen-bond donors (Lipinski definition) is 1. The molecule has 5 atom stereocenters. The lowest BCUT2D eigenvalue weighted by atomic mass is 9.46. The number of rotatable bonds is 7. The molecule has 0 saturated heterocycles. The molecule has 2 saturated carbocycles. The maximum absolute atomic E-state index is 12.0. The van der Waals surface area contributed by atoms with Gasteiger partial charge in [-0.2, -0.15) is 0 Å². The van der Waals surface area contributed by atoms with Crippen molar-refractivity contribution in [1.29, 1.82) is 0 Å². The second-order valence-corrected chi connectivity index (χ2v) is 10.2. The zero-order valence-corrected chi connectivity index (χ0v) is 18.2. The molecule has 1 N–H and O–H groups in total. The molecule has 29 heavy (non-hydrogen) atoms. The third-order valence-corrected chi connectivity index (χ3v) is 7.96. The molecular formula is C24H36O5. The lowest BCUT2D eigenvalue weighted by molar-refractivity contribution is -0.159. The SMILES string of the molecule is C=C[C@@]1(C)CC=C2C(CCC3[C@](C)(COC(=O)COCC(=O)O)CCC[C@@]23C)C1. The number of fused-ring (bicyclic) bond motifs is 3. The Bertz CT molecular complexity index is 697. The van der Waals surface area contributed by atoms with Gasteiger partial charge in [0.05, 0.1) is 6.61 Å². The highest BCUT2D eigenvalue weighted by Gasteiger charge is 2.55. The van der Waals surface area contributed by atoms with E-state index in [2.05, 4.69) is 39.5 Å². The Hall–Kier alpha value is -1.62. The molecule has 0 heterocycles. The number of aliphatic carboxylic acids is 1. The van der Waals surface area contributed by atoms with Crippen molar-refractivity contribution in [3.05, 3.63) is 24.3 Å². The van der Waals surface area contributed by atoms with Gasteiger partial charge < -0.3 is 14.6 Å². The minimum absolute atomic E-state index is 0.0551. The Labute approximate surface area is 174 Å². The zero-order valence-electron chi connectivity index (χ0n) is 18.2. The lowest BCUT2D eigenvalue weighted by Crippen LogP contribution is -2.51. The predicted molar refractivity (Wildman–Crippen MR) is 111 cm³/mol. The number of ether oxygens (including phenoxy) is 2. The van der Waals surface area contributed by atoms with E-state index in [9.17, 15) is 9.59 Å². The second kappa shape index (κ2) is 8.25. The number of allylic oxidation sites excluding steroid dienone is 3. The summed E-state index contributed by atoms with van der Waals surface area (Å²) >= 11 is 0. The topological polar surface area (TPSA) is 72.8 Å². The van der Waals surface area contributed by atoms with Gasteiger partial charge >= 0.3 is 11.9 Å². The summed E-state index contributed by atoms with van der Waals surface area (Å²) in [4.78, 5) is 22.5. The summed E-state index contributed by atoms with van der Waals surface area (Å²) < 4.78 is 10.4. The zero-order chi connectivity index (χ0) is 21.3. The fourth-order valence-electron chi connectivity index (χ4n) is 6.43. The summed E-state index contributed by atoms with van der Waals surface area (Å²) in [6.07, 6.45) is 12.6. The van der Waals surface area contributed by atoms with Gasteiger partial charge in [-0.05, 0) is 61.2 Å².